The van der Waals surface area contributed by atoms with Gasteiger partial charge in [-0.05, 0) is 175 Å². The van der Waals surface area contributed by atoms with E-state index in [2.05, 4.69) is 279 Å². The van der Waals surface area contributed by atoms with E-state index in [1.165, 1.54) is 27.8 Å². The quantitative estimate of drug-likeness (QED) is 0.122. The molecule has 378 valence electrons. The van der Waals surface area contributed by atoms with Gasteiger partial charge in [-0.1, -0.05) is 230 Å². The molecule has 13 aromatic rings. The number of aromatic nitrogens is 3. The number of hydrogen-bond donors (Lipinski definition) is 0. The molecule has 0 N–H and O–H groups in total. The Morgan fingerprint density at radius 1 is 0.175 bits per heavy atom. The summed E-state index contributed by atoms with van der Waals surface area (Å²) < 4.78 is 0. The monoisotopic (exact) mass is 1020 g/mol. The number of rotatable bonds is 12. The van der Waals surface area contributed by atoms with Crippen LogP contribution in [-0.4, -0.2) is 15.0 Å². The molecule has 0 aliphatic carbocycles. The van der Waals surface area contributed by atoms with Crippen molar-refractivity contribution in [2.24, 2.45) is 0 Å². The van der Waals surface area contributed by atoms with Crippen molar-refractivity contribution >= 4 is 0 Å². The third kappa shape index (κ3) is 10.2. The Bertz CT molecular complexity index is 4150. The van der Waals surface area contributed by atoms with E-state index in [1.807, 2.05) is 42.9 Å². The molecule has 80 heavy (non-hydrogen) atoms. The first-order valence-corrected chi connectivity index (χ1v) is 27.3. The summed E-state index contributed by atoms with van der Waals surface area (Å²) in [6.07, 6.45) is 5.64. The van der Waals surface area contributed by atoms with E-state index < -0.39 is 0 Å². The van der Waals surface area contributed by atoms with E-state index in [-0.39, 0.29) is 0 Å². The lowest BCUT2D eigenvalue weighted by Gasteiger charge is -2.19. The molecule has 3 nitrogen and oxygen atoms in total. The molecule has 0 fully saturated rings. The SMILES string of the molecule is Cc1cc(C)cc(-c2ccnc(-c3ccc(-c4ccccc4-c4cc(-c5ccccc5-c5ccc(-c6ccccn6)cc5)cc(-c5ccccc5-c5ccc(-c6ccccn6)cc5)c4)c(-c4ccc(-c5ccccc5)cc4)c3)c2)c1. The maximum absolute atomic E-state index is 5.00. The highest BCUT2D eigenvalue weighted by Gasteiger charge is 2.19. The molecule has 0 radical (unpaired) electrons. The van der Waals surface area contributed by atoms with Crippen molar-refractivity contribution < 1.29 is 0 Å². The van der Waals surface area contributed by atoms with Crippen LogP contribution in [0.15, 0.2) is 298 Å². The molecular formula is C77H55N3. The van der Waals surface area contributed by atoms with Gasteiger partial charge in [-0.2, -0.15) is 0 Å². The van der Waals surface area contributed by atoms with Gasteiger partial charge in [-0.3, -0.25) is 15.0 Å². The summed E-state index contributed by atoms with van der Waals surface area (Å²) in [5.74, 6) is 0. The highest BCUT2D eigenvalue weighted by molar-refractivity contribution is 5.98. The van der Waals surface area contributed by atoms with Crippen LogP contribution in [0.5, 0.6) is 0 Å². The molecule has 0 aliphatic heterocycles. The van der Waals surface area contributed by atoms with Crippen molar-refractivity contribution in [1.82, 2.24) is 15.0 Å². The maximum Gasteiger partial charge on any atom is 0.0708 e. The van der Waals surface area contributed by atoms with Crippen molar-refractivity contribution in [3.8, 4) is 134 Å². The average Bonchev–Trinajstić information content (AvgIpc) is 3.56. The van der Waals surface area contributed by atoms with Crippen molar-refractivity contribution in [2.75, 3.05) is 0 Å². The molecule has 3 heterocycles. The third-order valence-electron chi connectivity index (χ3n) is 15.2. The Morgan fingerprint density at radius 3 is 1.05 bits per heavy atom. The molecular weight excluding hydrogens is 967 g/mol. The summed E-state index contributed by atoms with van der Waals surface area (Å²) in [6, 6.07) is 101. The highest BCUT2D eigenvalue weighted by Crippen LogP contribution is 2.45. The Balaban J connectivity index is 0.982. The molecule has 13 rings (SSSR count). The zero-order valence-electron chi connectivity index (χ0n) is 44.6. The van der Waals surface area contributed by atoms with Gasteiger partial charge in [0.25, 0.3) is 0 Å². The molecule has 0 unspecified atom stereocenters. The molecule has 0 bridgehead atoms. The second-order valence-electron chi connectivity index (χ2n) is 20.5. The van der Waals surface area contributed by atoms with Crippen molar-refractivity contribution in [3.05, 3.63) is 309 Å². The van der Waals surface area contributed by atoms with E-state index in [0.29, 0.717) is 0 Å². The number of benzene rings is 10. The Labute approximate surface area is 469 Å². The van der Waals surface area contributed by atoms with Crippen LogP contribution in [0.25, 0.3) is 134 Å². The standard InChI is InChI=1S/C77H55N3/c1-52-44-53(2)46-63(45-52)61-40-43-80-77(51-61)62-38-39-73(74(50-62)58-28-26-55(27-29-58)54-16-4-3-5-17-54)72-23-11-10-22-71(72)66-48-64(69-20-8-6-18-67(69)56-30-34-59(35-31-56)75-24-12-14-41-78-75)47-65(49-66)70-21-9-7-19-68(70)57-32-36-60(37-33-57)76-25-13-15-42-79-76/h3-51H,1-2H3. The van der Waals surface area contributed by atoms with Crippen LogP contribution in [0.1, 0.15) is 11.1 Å². The van der Waals surface area contributed by atoms with Crippen molar-refractivity contribution in [3.63, 3.8) is 0 Å². The highest BCUT2D eigenvalue weighted by atomic mass is 14.7. The fourth-order valence-electron chi connectivity index (χ4n) is 11.3. The van der Waals surface area contributed by atoms with Gasteiger partial charge in [0.1, 0.15) is 0 Å². The van der Waals surface area contributed by atoms with Gasteiger partial charge in [0.15, 0.2) is 0 Å². The smallest absolute Gasteiger partial charge is 0.0708 e. The van der Waals surface area contributed by atoms with Crippen molar-refractivity contribution in [1.29, 1.82) is 0 Å². The van der Waals surface area contributed by atoms with Crippen LogP contribution in [0.2, 0.25) is 0 Å². The van der Waals surface area contributed by atoms with Gasteiger partial charge in [-0.15, -0.1) is 0 Å². The Morgan fingerprint density at radius 2 is 0.550 bits per heavy atom. The van der Waals surface area contributed by atoms with Crippen molar-refractivity contribution in [2.45, 2.75) is 13.8 Å². The van der Waals surface area contributed by atoms with Gasteiger partial charge in [0.05, 0.1) is 17.1 Å². The average molecular weight is 1020 g/mol. The van der Waals surface area contributed by atoms with E-state index in [4.69, 9.17) is 4.98 Å². The minimum absolute atomic E-state index is 0.927. The van der Waals surface area contributed by atoms with E-state index >= 15 is 0 Å². The summed E-state index contributed by atoms with van der Waals surface area (Å²) in [5, 5.41) is 0. The molecule has 3 aromatic heterocycles. The predicted molar refractivity (Wildman–Crippen MR) is 335 cm³/mol. The zero-order chi connectivity index (χ0) is 53.8. The Hall–Kier alpha value is -10.4. The van der Waals surface area contributed by atoms with E-state index in [0.717, 1.165) is 117 Å². The second kappa shape index (κ2) is 21.9. The van der Waals surface area contributed by atoms with Crippen LogP contribution in [0, 0.1) is 13.8 Å². The number of pyridine rings is 3. The summed E-state index contributed by atoms with van der Waals surface area (Å²) >= 11 is 0. The third-order valence-corrected chi connectivity index (χ3v) is 15.2. The molecule has 3 heteroatoms. The first-order valence-electron chi connectivity index (χ1n) is 27.3. The summed E-state index contributed by atoms with van der Waals surface area (Å²) in [5.41, 5.74) is 29.1. The van der Waals surface area contributed by atoms with E-state index in [1.54, 1.807) is 0 Å². The van der Waals surface area contributed by atoms with E-state index in [9.17, 15) is 0 Å². The molecule has 0 atom stereocenters. The lowest BCUT2D eigenvalue weighted by Crippen LogP contribution is -1.94. The van der Waals surface area contributed by atoms with Gasteiger partial charge in [0.2, 0.25) is 0 Å². The number of aryl methyl sites for hydroxylation is 2. The lowest BCUT2D eigenvalue weighted by atomic mass is 9.84. The first kappa shape index (κ1) is 49.2. The minimum atomic E-state index is 0.927. The van der Waals surface area contributed by atoms with Crippen LogP contribution in [0.3, 0.4) is 0 Å². The molecule has 10 aromatic carbocycles. The van der Waals surface area contributed by atoms with Crippen LogP contribution >= 0.6 is 0 Å². The zero-order valence-corrected chi connectivity index (χ0v) is 44.6. The minimum Gasteiger partial charge on any atom is -0.256 e. The summed E-state index contributed by atoms with van der Waals surface area (Å²) in [6.45, 7) is 4.32. The fraction of sp³-hybridized carbons (Fsp3) is 0.0260. The normalized spacial score (nSPS) is 11.1. The summed E-state index contributed by atoms with van der Waals surface area (Å²) in [7, 11) is 0. The predicted octanol–water partition coefficient (Wildman–Crippen LogP) is 20.5. The molecule has 0 aliphatic rings. The fourth-order valence-corrected chi connectivity index (χ4v) is 11.3. The second-order valence-corrected chi connectivity index (χ2v) is 20.5. The first-order chi connectivity index (χ1) is 39.5. The van der Waals surface area contributed by atoms with Gasteiger partial charge in [0, 0.05) is 35.3 Å². The molecule has 0 spiro atoms. The topological polar surface area (TPSA) is 38.7 Å². The van der Waals surface area contributed by atoms with Crippen LogP contribution in [0.4, 0.5) is 0 Å². The molecule has 0 saturated heterocycles. The van der Waals surface area contributed by atoms with Gasteiger partial charge in [-0.25, -0.2) is 0 Å². The van der Waals surface area contributed by atoms with Gasteiger partial charge < -0.3 is 0 Å². The molecule has 0 amide bonds. The van der Waals surface area contributed by atoms with Crippen LogP contribution in [-0.2, 0) is 0 Å². The van der Waals surface area contributed by atoms with Crippen LogP contribution < -0.4 is 0 Å². The molecule has 0 saturated carbocycles. The number of hydrogen-bond acceptors (Lipinski definition) is 3. The van der Waals surface area contributed by atoms with Gasteiger partial charge >= 0.3 is 0 Å². The Kier molecular flexibility index (Phi) is 13.5. The lowest BCUT2D eigenvalue weighted by molar-refractivity contribution is 1.32. The number of nitrogens with zero attached hydrogens (tertiary/aromatic N) is 3. The largest absolute Gasteiger partial charge is 0.256 e. The summed E-state index contributed by atoms with van der Waals surface area (Å²) in [4.78, 5) is 14.3. The maximum atomic E-state index is 5.00.